The highest BCUT2D eigenvalue weighted by Gasteiger charge is 2.34. The number of benzene rings is 1. The molecule has 0 N–H and O–H groups in total. The number of carbonyl (C=O) groups excluding carboxylic acids is 1. The lowest BCUT2D eigenvalue weighted by Gasteiger charge is -2.28. The molecule has 1 amide bonds. The molecule has 7 heteroatoms. The monoisotopic (exact) mass is 329 g/mol. The van der Waals surface area contributed by atoms with E-state index >= 15 is 0 Å². The van der Waals surface area contributed by atoms with Crippen LogP contribution in [0.5, 0.6) is 5.75 Å². The van der Waals surface area contributed by atoms with Crippen molar-refractivity contribution in [3.8, 4) is 5.75 Å². The van der Waals surface area contributed by atoms with Gasteiger partial charge in [0.05, 0.1) is 18.6 Å². The molecule has 2 rings (SSSR count). The summed E-state index contributed by atoms with van der Waals surface area (Å²) in [5, 5.41) is 0. The van der Waals surface area contributed by atoms with Gasteiger partial charge in [-0.25, -0.2) is 12.8 Å². The fourth-order valence-corrected chi connectivity index (χ4v) is 4.41. The minimum atomic E-state index is -3.08. The zero-order valence-corrected chi connectivity index (χ0v) is 13.5. The number of hydrogen-bond acceptors (Lipinski definition) is 4. The van der Waals surface area contributed by atoms with Gasteiger partial charge < -0.3 is 9.64 Å². The third-order valence-electron chi connectivity index (χ3n) is 3.77. The highest BCUT2D eigenvalue weighted by atomic mass is 32.2. The molecule has 1 aromatic carbocycles. The van der Waals surface area contributed by atoms with Crippen LogP contribution in [0.2, 0.25) is 0 Å². The molecule has 5 nitrogen and oxygen atoms in total. The van der Waals surface area contributed by atoms with Crippen molar-refractivity contribution < 1.29 is 22.3 Å². The molecule has 0 spiro atoms. The number of ether oxygens (including phenoxy) is 1. The topological polar surface area (TPSA) is 63.7 Å². The zero-order chi connectivity index (χ0) is 16.3. The Hall–Kier alpha value is -1.63. The Bertz CT molecular complexity index is 660. The third-order valence-corrected chi connectivity index (χ3v) is 5.52. The number of hydrogen-bond donors (Lipinski definition) is 0. The molecule has 0 aliphatic carbocycles. The second kappa shape index (κ2) is 6.64. The first-order valence-electron chi connectivity index (χ1n) is 7.23. The number of carbonyl (C=O) groups is 1. The number of rotatable bonds is 5. The molecule has 1 saturated heterocycles. The molecule has 0 radical (unpaired) electrons. The van der Waals surface area contributed by atoms with E-state index in [0.29, 0.717) is 19.4 Å². The smallest absolute Gasteiger partial charge is 0.254 e. The summed E-state index contributed by atoms with van der Waals surface area (Å²) in [4.78, 5) is 14.2. The molecule has 1 heterocycles. The van der Waals surface area contributed by atoms with E-state index in [0.717, 1.165) is 6.07 Å². The van der Waals surface area contributed by atoms with Crippen LogP contribution < -0.4 is 4.74 Å². The normalized spacial score (nSPS) is 19.9. The summed E-state index contributed by atoms with van der Waals surface area (Å²) >= 11 is 0. The Morgan fingerprint density at radius 2 is 2.18 bits per heavy atom. The summed E-state index contributed by atoms with van der Waals surface area (Å²) in [6.07, 6.45) is 1.15. The first-order valence-corrected chi connectivity index (χ1v) is 9.05. The predicted molar refractivity (Wildman–Crippen MR) is 81.3 cm³/mol. The Morgan fingerprint density at radius 3 is 2.68 bits per heavy atom. The number of nitrogens with zero attached hydrogens (tertiary/aromatic N) is 1. The standard InChI is InChI=1S/C15H20FNO4S/c1-3-7-17(12-6-8-22(19,20)10-12)15(18)11-4-5-14(21-2)13(16)9-11/h4-5,9,12H,3,6-8,10H2,1-2H3. The minimum absolute atomic E-state index is 0.0165. The first kappa shape index (κ1) is 16.7. The predicted octanol–water partition coefficient (Wildman–Crippen LogP) is 1.87. The summed E-state index contributed by atoms with van der Waals surface area (Å²) in [6, 6.07) is 3.70. The largest absolute Gasteiger partial charge is 0.494 e. The fraction of sp³-hybridized carbons (Fsp3) is 0.533. The summed E-state index contributed by atoms with van der Waals surface area (Å²) in [5.74, 6) is -0.796. The van der Waals surface area contributed by atoms with Gasteiger partial charge in [0.25, 0.3) is 5.91 Å². The molecule has 0 bridgehead atoms. The van der Waals surface area contributed by atoms with Gasteiger partial charge in [-0.3, -0.25) is 4.79 Å². The van der Waals surface area contributed by atoms with Crippen LogP contribution in [0.1, 0.15) is 30.1 Å². The molecule has 1 aliphatic rings. The van der Waals surface area contributed by atoms with Gasteiger partial charge in [-0.2, -0.15) is 0 Å². The van der Waals surface area contributed by atoms with Crippen molar-refractivity contribution in [2.45, 2.75) is 25.8 Å². The Kier molecular flexibility index (Phi) is 5.05. The molecule has 1 aliphatic heterocycles. The average molecular weight is 329 g/mol. The van der Waals surface area contributed by atoms with Crippen LogP contribution in [-0.2, 0) is 9.84 Å². The van der Waals surface area contributed by atoms with Gasteiger partial charge in [0.1, 0.15) is 0 Å². The van der Waals surface area contributed by atoms with Gasteiger partial charge in [-0.1, -0.05) is 6.92 Å². The Balaban J connectivity index is 2.25. The Labute approximate surface area is 130 Å². The van der Waals surface area contributed by atoms with Gasteiger partial charge in [-0.05, 0) is 31.0 Å². The van der Waals surface area contributed by atoms with Crippen LogP contribution in [0.25, 0.3) is 0 Å². The van der Waals surface area contributed by atoms with E-state index in [-0.39, 0.29) is 34.8 Å². The minimum Gasteiger partial charge on any atom is -0.494 e. The van der Waals surface area contributed by atoms with Gasteiger partial charge in [0, 0.05) is 18.2 Å². The van der Waals surface area contributed by atoms with Crippen LogP contribution >= 0.6 is 0 Å². The van der Waals surface area contributed by atoms with Crippen molar-refractivity contribution in [1.29, 1.82) is 0 Å². The Morgan fingerprint density at radius 1 is 1.45 bits per heavy atom. The summed E-state index contributed by atoms with van der Waals surface area (Å²) in [5.41, 5.74) is 0.205. The molecule has 1 aromatic rings. The average Bonchev–Trinajstić information content (AvgIpc) is 2.84. The zero-order valence-electron chi connectivity index (χ0n) is 12.7. The first-order chi connectivity index (χ1) is 10.4. The van der Waals surface area contributed by atoms with Crippen molar-refractivity contribution in [3.63, 3.8) is 0 Å². The molecule has 1 unspecified atom stereocenters. The molecule has 1 fully saturated rings. The summed E-state index contributed by atoms with van der Waals surface area (Å²) < 4.78 is 41.9. The van der Waals surface area contributed by atoms with Crippen LogP contribution in [-0.4, -0.2) is 50.4 Å². The van der Waals surface area contributed by atoms with Crippen molar-refractivity contribution in [2.24, 2.45) is 0 Å². The molecule has 22 heavy (non-hydrogen) atoms. The lowest BCUT2D eigenvalue weighted by Crippen LogP contribution is -2.41. The molecular formula is C15H20FNO4S. The van der Waals surface area contributed by atoms with Crippen molar-refractivity contribution in [2.75, 3.05) is 25.2 Å². The quantitative estimate of drug-likeness (QED) is 0.827. The van der Waals surface area contributed by atoms with E-state index in [1.807, 2.05) is 6.92 Å². The van der Waals surface area contributed by atoms with Crippen LogP contribution in [0, 0.1) is 5.82 Å². The fourth-order valence-electron chi connectivity index (χ4n) is 2.68. The van der Waals surface area contributed by atoms with Crippen LogP contribution in [0.15, 0.2) is 18.2 Å². The molecule has 0 saturated carbocycles. The molecule has 1 atom stereocenters. The van der Waals surface area contributed by atoms with Crippen LogP contribution in [0.3, 0.4) is 0 Å². The van der Waals surface area contributed by atoms with E-state index in [1.165, 1.54) is 19.2 Å². The van der Waals surface area contributed by atoms with Crippen molar-refractivity contribution >= 4 is 15.7 Å². The maximum absolute atomic E-state index is 13.8. The van der Waals surface area contributed by atoms with Gasteiger partial charge >= 0.3 is 0 Å². The maximum Gasteiger partial charge on any atom is 0.254 e. The molecule has 0 aromatic heterocycles. The second-order valence-corrected chi connectivity index (χ2v) is 7.63. The van der Waals surface area contributed by atoms with E-state index in [4.69, 9.17) is 4.74 Å². The maximum atomic E-state index is 13.8. The van der Waals surface area contributed by atoms with Crippen molar-refractivity contribution in [1.82, 2.24) is 4.90 Å². The van der Waals surface area contributed by atoms with E-state index < -0.39 is 15.7 Å². The third kappa shape index (κ3) is 3.58. The number of methoxy groups -OCH3 is 1. The number of halogens is 1. The highest BCUT2D eigenvalue weighted by Crippen LogP contribution is 2.23. The van der Waals surface area contributed by atoms with Crippen molar-refractivity contribution in [3.05, 3.63) is 29.6 Å². The highest BCUT2D eigenvalue weighted by molar-refractivity contribution is 7.91. The molecule has 122 valence electrons. The summed E-state index contributed by atoms with van der Waals surface area (Å²) in [7, 11) is -1.73. The van der Waals surface area contributed by atoms with E-state index in [9.17, 15) is 17.6 Å². The van der Waals surface area contributed by atoms with Gasteiger partial charge in [0.2, 0.25) is 0 Å². The number of amides is 1. The van der Waals surface area contributed by atoms with Crippen LogP contribution in [0.4, 0.5) is 4.39 Å². The lowest BCUT2D eigenvalue weighted by molar-refractivity contribution is 0.0696. The van der Waals surface area contributed by atoms with Gasteiger partial charge in [-0.15, -0.1) is 0 Å². The van der Waals surface area contributed by atoms with E-state index in [1.54, 1.807) is 4.90 Å². The lowest BCUT2D eigenvalue weighted by atomic mass is 10.1. The van der Waals surface area contributed by atoms with E-state index in [2.05, 4.69) is 0 Å². The SMILES string of the molecule is CCCN(C(=O)c1ccc(OC)c(F)c1)C1CCS(=O)(=O)C1. The second-order valence-electron chi connectivity index (χ2n) is 5.40. The number of sulfone groups is 1. The summed E-state index contributed by atoms with van der Waals surface area (Å²) in [6.45, 7) is 2.37. The van der Waals surface area contributed by atoms with Gasteiger partial charge in [0.15, 0.2) is 21.4 Å². The molecular weight excluding hydrogens is 309 g/mol.